The Bertz CT molecular complexity index is 270. The molecule has 2 rings (SSSR count). The van der Waals surface area contributed by atoms with E-state index in [1.807, 2.05) is 0 Å². The van der Waals surface area contributed by atoms with Crippen molar-refractivity contribution >= 4 is 5.91 Å². The minimum absolute atomic E-state index is 0.154. The van der Waals surface area contributed by atoms with E-state index in [0.29, 0.717) is 12.5 Å². The van der Waals surface area contributed by atoms with Gasteiger partial charge in [0.05, 0.1) is 0 Å². The minimum atomic E-state index is 0.154. The van der Waals surface area contributed by atoms with Gasteiger partial charge in [-0.05, 0) is 31.1 Å². The second kappa shape index (κ2) is 6.55. The van der Waals surface area contributed by atoms with Gasteiger partial charge in [-0.3, -0.25) is 4.79 Å². The van der Waals surface area contributed by atoms with Crippen LogP contribution in [0.1, 0.15) is 58.3 Å². The lowest BCUT2D eigenvalue weighted by Gasteiger charge is -2.25. The van der Waals surface area contributed by atoms with Crippen molar-refractivity contribution < 1.29 is 4.79 Å². The molecule has 2 aliphatic carbocycles. The Labute approximate surface area is 111 Å². The van der Waals surface area contributed by atoms with E-state index in [1.165, 1.54) is 44.9 Å². The lowest BCUT2D eigenvalue weighted by atomic mass is 9.83. The number of amides is 1. The largest absolute Gasteiger partial charge is 0.352 e. The molecule has 0 aromatic carbocycles. The van der Waals surface area contributed by atoms with Crippen molar-refractivity contribution in [3.05, 3.63) is 0 Å². The van der Waals surface area contributed by atoms with Gasteiger partial charge in [0.25, 0.3) is 0 Å². The maximum atomic E-state index is 12.2. The van der Waals surface area contributed by atoms with Crippen LogP contribution in [0.15, 0.2) is 0 Å². The van der Waals surface area contributed by atoms with E-state index in [9.17, 15) is 4.79 Å². The first-order valence-electron chi connectivity index (χ1n) is 7.71. The normalized spacial score (nSPS) is 24.6. The van der Waals surface area contributed by atoms with E-state index < -0.39 is 0 Å². The molecule has 2 atom stereocenters. The van der Waals surface area contributed by atoms with Crippen LogP contribution < -0.4 is 11.1 Å². The minimum Gasteiger partial charge on any atom is -0.352 e. The van der Waals surface area contributed by atoms with Crippen LogP contribution in [0.5, 0.6) is 0 Å². The summed E-state index contributed by atoms with van der Waals surface area (Å²) < 4.78 is 0. The van der Waals surface area contributed by atoms with Crippen LogP contribution in [0.3, 0.4) is 0 Å². The van der Waals surface area contributed by atoms with E-state index in [1.54, 1.807) is 0 Å². The molecule has 0 bridgehead atoms. The summed E-state index contributed by atoms with van der Waals surface area (Å²) in [6, 6.07) is 0.228. The molecule has 0 aromatic heterocycles. The van der Waals surface area contributed by atoms with Gasteiger partial charge in [0.15, 0.2) is 0 Å². The van der Waals surface area contributed by atoms with E-state index in [4.69, 9.17) is 5.73 Å². The summed E-state index contributed by atoms with van der Waals surface area (Å²) in [6.07, 6.45) is 10.3. The molecule has 0 spiro atoms. The highest BCUT2D eigenvalue weighted by Crippen LogP contribution is 2.33. The average Bonchev–Trinajstić information content (AvgIpc) is 3.21. The monoisotopic (exact) mass is 252 g/mol. The number of carbonyl (C=O) groups excluding carboxylic acids is 1. The Morgan fingerprint density at radius 1 is 1.22 bits per heavy atom. The van der Waals surface area contributed by atoms with Crippen LogP contribution in [0, 0.1) is 17.8 Å². The van der Waals surface area contributed by atoms with Crippen molar-refractivity contribution in [2.24, 2.45) is 23.5 Å². The summed E-state index contributed by atoms with van der Waals surface area (Å²) in [4.78, 5) is 12.2. The zero-order valence-corrected chi connectivity index (χ0v) is 11.7. The van der Waals surface area contributed by atoms with Gasteiger partial charge in [0.1, 0.15) is 0 Å². The molecule has 0 aliphatic heterocycles. The van der Waals surface area contributed by atoms with Crippen LogP contribution in [0.4, 0.5) is 0 Å². The highest BCUT2D eigenvalue weighted by Gasteiger charge is 2.32. The summed E-state index contributed by atoms with van der Waals surface area (Å²) in [5, 5.41) is 3.15. The van der Waals surface area contributed by atoms with Crippen LogP contribution in [-0.4, -0.2) is 18.5 Å². The maximum Gasteiger partial charge on any atom is 0.223 e. The van der Waals surface area contributed by atoms with Gasteiger partial charge >= 0.3 is 0 Å². The van der Waals surface area contributed by atoms with E-state index >= 15 is 0 Å². The molecule has 0 radical (unpaired) electrons. The van der Waals surface area contributed by atoms with E-state index in [-0.39, 0.29) is 17.9 Å². The Morgan fingerprint density at radius 3 is 2.44 bits per heavy atom. The average molecular weight is 252 g/mol. The fourth-order valence-corrected chi connectivity index (χ4v) is 3.22. The van der Waals surface area contributed by atoms with Crippen LogP contribution in [0.2, 0.25) is 0 Å². The van der Waals surface area contributed by atoms with Gasteiger partial charge < -0.3 is 11.1 Å². The lowest BCUT2D eigenvalue weighted by Crippen LogP contribution is -2.44. The quantitative estimate of drug-likeness (QED) is 0.763. The van der Waals surface area contributed by atoms with E-state index in [2.05, 4.69) is 12.2 Å². The zero-order chi connectivity index (χ0) is 13.0. The van der Waals surface area contributed by atoms with Crippen LogP contribution in [-0.2, 0) is 4.79 Å². The van der Waals surface area contributed by atoms with Gasteiger partial charge in [0, 0.05) is 18.5 Å². The second-order valence-electron chi connectivity index (χ2n) is 6.33. The maximum absolute atomic E-state index is 12.2. The topological polar surface area (TPSA) is 55.1 Å². The predicted octanol–water partition coefficient (Wildman–Crippen LogP) is 2.45. The molecule has 3 N–H and O–H groups in total. The SMILES string of the molecule is CC(CC1CCCCC1)C(=O)NC(CN)C1CC1. The molecule has 2 aliphatic rings. The first kappa shape index (κ1) is 13.9. The third-order valence-corrected chi connectivity index (χ3v) is 4.63. The highest BCUT2D eigenvalue weighted by molar-refractivity contribution is 5.78. The van der Waals surface area contributed by atoms with Crippen molar-refractivity contribution in [2.75, 3.05) is 6.54 Å². The molecule has 3 heteroatoms. The Morgan fingerprint density at radius 2 is 1.89 bits per heavy atom. The summed E-state index contributed by atoms with van der Waals surface area (Å²) in [5.74, 6) is 1.81. The first-order valence-corrected chi connectivity index (χ1v) is 7.71. The molecule has 3 nitrogen and oxygen atoms in total. The molecular weight excluding hydrogens is 224 g/mol. The molecule has 0 aromatic rings. The molecular formula is C15H28N2O. The van der Waals surface area contributed by atoms with E-state index in [0.717, 1.165) is 12.3 Å². The Kier molecular flexibility index (Phi) is 5.04. The van der Waals surface area contributed by atoms with Crippen molar-refractivity contribution in [3.63, 3.8) is 0 Å². The number of nitrogens with two attached hydrogens (primary N) is 1. The van der Waals surface area contributed by atoms with Crippen molar-refractivity contribution in [3.8, 4) is 0 Å². The lowest BCUT2D eigenvalue weighted by molar-refractivity contribution is -0.125. The summed E-state index contributed by atoms with van der Waals surface area (Å²) >= 11 is 0. The van der Waals surface area contributed by atoms with Crippen LogP contribution >= 0.6 is 0 Å². The smallest absolute Gasteiger partial charge is 0.223 e. The molecule has 2 unspecified atom stereocenters. The Balaban J connectivity index is 1.72. The molecule has 2 saturated carbocycles. The van der Waals surface area contributed by atoms with Gasteiger partial charge in [-0.15, -0.1) is 0 Å². The Hall–Kier alpha value is -0.570. The molecule has 0 heterocycles. The number of carbonyl (C=O) groups is 1. The zero-order valence-electron chi connectivity index (χ0n) is 11.7. The number of rotatable bonds is 6. The third kappa shape index (κ3) is 3.98. The molecule has 104 valence electrons. The van der Waals surface area contributed by atoms with Gasteiger partial charge in [-0.25, -0.2) is 0 Å². The number of hydrogen-bond acceptors (Lipinski definition) is 2. The number of hydrogen-bond donors (Lipinski definition) is 2. The van der Waals surface area contributed by atoms with Crippen molar-refractivity contribution in [1.82, 2.24) is 5.32 Å². The van der Waals surface area contributed by atoms with Crippen molar-refractivity contribution in [2.45, 2.75) is 64.3 Å². The second-order valence-corrected chi connectivity index (χ2v) is 6.33. The summed E-state index contributed by atoms with van der Waals surface area (Å²) in [6.45, 7) is 2.66. The number of nitrogens with one attached hydrogen (secondary N) is 1. The fraction of sp³-hybridized carbons (Fsp3) is 0.933. The predicted molar refractivity (Wildman–Crippen MR) is 74.1 cm³/mol. The van der Waals surface area contributed by atoms with Gasteiger partial charge in [-0.1, -0.05) is 39.0 Å². The fourth-order valence-electron chi connectivity index (χ4n) is 3.22. The van der Waals surface area contributed by atoms with Gasteiger partial charge in [-0.2, -0.15) is 0 Å². The first-order chi connectivity index (χ1) is 8.70. The van der Waals surface area contributed by atoms with Gasteiger partial charge in [0.2, 0.25) is 5.91 Å². The molecule has 2 fully saturated rings. The highest BCUT2D eigenvalue weighted by atomic mass is 16.1. The molecule has 18 heavy (non-hydrogen) atoms. The molecule has 1 amide bonds. The summed E-state index contributed by atoms with van der Waals surface area (Å²) in [7, 11) is 0. The van der Waals surface area contributed by atoms with Crippen LogP contribution in [0.25, 0.3) is 0 Å². The summed E-state index contributed by atoms with van der Waals surface area (Å²) in [5.41, 5.74) is 5.73. The standard InChI is InChI=1S/C15H28N2O/c1-11(9-12-5-3-2-4-6-12)15(18)17-14(10-16)13-7-8-13/h11-14H,2-10,16H2,1H3,(H,17,18). The van der Waals surface area contributed by atoms with Crippen molar-refractivity contribution in [1.29, 1.82) is 0 Å². The molecule has 0 saturated heterocycles. The third-order valence-electron chi connectivity index (χ3n) is 4.63.